The van der Waals surface area contributed by atoms with Crippen LogP contribution in [0.15, 0.2) is 0 Å². The molecule has 0 aromatic heterocycles. The van der Waals surface area contributed by atoms with E-state index in [0.29, 0.717) is 12.3 Å². The highest BCUT2D eigenvalue weighted by molar-refractivity contribution is 7.98. The molecule has 5 heteroatoms. The first-order chi connectivity index (χ1) is 8.54. The lowest BCUT2D eigenvalue weighted by molar-refractivity contribution is -0.142. The van der Waals surface area contributed by atoms with Gasteiger partial charge in [0.05, 0.1) is 0 Å². The maximum Gasteiger partial charge on any atom is 0.326 e. The second-order valence-electron chi connectivity index (χ2n) is 5.14. The maximum atomic E-state index is 12.0. The van der Waals surface area contributed by atoms with E-state index in [9.17, 15) is 9.59 Å². The van der Waals surface area contributed by atoms with Crippen molar-refractivity contribution in [3.63, 3.8) is 0 Å². The Kier molecular flexibility index (Phi) is 6.54. The molecule has 1 amide bonds. The van der Waals surface area contributed by atoms with Crippen molar-refractivity contribution < 1.29 is 14.7 Å². The largest absolute Gasteiger partial charge is 0.480 e. The second-order valence-corrected chi connectivity index (χ2v) is 6.12. The maximum absolute atomic E-state index is 12.0. The normalized spacial score (nSPS) is 25.4. The molecule has 0 aromatic rings. The van der Waals surface area contributed by atoms with Gasteiger partial charge in [-0.1, -0.05) is 6.92 Å². The molecule has 0 bridgehead atoms. The summed E-state index contributed by atoms with van der Waals surface area (Å²) in [6, 6.07) is -0.732. The van der Waals surface area contributed by atoms with Gasteiger partial charge in [0, 0.05) is 5.92 Å². The van der Waals surface area contributed by atoms with Crippen LogP contribution in [-0.2, 0) is 9.59 Å². The molecule has 104 valence electrons. The van der Waals surface area contributed by atoms with Gasteiger partial charge in [-0.25, -0.2) is 4.79 Å². The zero-order chi connectivity index (χ0) is 13.5. The summed E-state index contributed by atoms with van der Waals surface area (Å²) in [5, 5.41) is 11.7. The third-order valence-corrected chi connectivity index (χ3v) is 4.26. The molecule has 1 aliphatic rings. The first-order valence-corrected chi connectivity index (χ1v) is 7.96. The van der Waals surface area contributed by atoms with Gasteiger partial charge in [0.15, 0.2) is 0 Å². The molecule has 1 fully saturated rings. The van der Waals surface area contributed by atoms with Gasteiger partial charge in [-0.15, -0.1) is 0 Å². The minimum atomic E-state index is -0.929. The fourth-order valence-corrected chi connectivity index (χ4v) is 2.78. The van der Waals surface area contributed by atoms with Crippen LogP contribution in [0.1, 0.15) is 39.0 Å². The van der Waals surface area contributed by atoms with Crippen LogP contribution in [0.25, 0.3) is 0 Å². The van der Waals surface area contributed by atoms with Crippen molar-refractivity contribution in [1.29, 1.82) is 0 Å². The Bertz CT molecular complexity index is 288. The van der Waals surface area contributed by atoms with E-state index in [0.717, 1.165) is 31.4 Å². The van der Waals surface area contributed by atoms with Gasteiger partial charge in [-0.05, 0) is 50.0 Å². The topological polar surface area (TPSA) is 66.4 Å². The Morgan fingerprint density at radius 1 is 1.33 bits per heavy atom. The molecule has 0 radical (unpaired) electrons. The van der Waals surface area contributed by atoms with Gasteiger partial charge in [0.25, 0.3) is 0 Å². The highest BCUT2D eigenvalue weighted by Crippen LogP contribution is 2.28. The summed E-state index contributed by atoms with van der Waals surface area (Å²) in [7, 11) is 0. The highest BCUT2D eigenvalue weighted by atomic mass is 32.2. The average Bonchev–Trinajstić information content (AvgIpc) is 2.34. The smallest absolute Gasteiger partial charge is 0.326 e. The van der Waals surface area contributed by atoms with Gasteiger partial charge in [-0.2, -0.15) is 11.8 Å². The monoisotopic (exact) mass is 273 g/mol. The Balaban J connectivity index is 2.42. The lowest BCUT2D eigenvalue weighted by atomic mass is 9.82. The van der Waals surface area contributed by atoms with Crippen LogP contribution >= 0.6 is 11.8 Å². The molecular formula is C13H23NO3S. The van der Waals surface area contributed by atoms with E-state index in [1.807, 2.05) is 6.26 Å². The van der Waals surface area contributed by atoms with Crippen LogP contribution in [0, 0.1) is 11.8 Å². The van der Waals surface area contributed by atoms with Crippen molar-refractivity contribution in [2.45, 2.75) is 45.1 Å². The molecular weight excluding hydrogens is 250 g/mol. The number of hydrogen-bond donors (Lipinski definition) is 2. The van der Waals surface area contributed by atoms with Gasteiger partial charge in [0.1, 0.15) is 6.04 Å². The predicted octanol–water partition coefficient (Wildman–Crippen LogP) is 2.14. The molecule has 0 saturated heterocycles. The molecule has 1 atom stereocenters. The van der Waals surface area contributed by atoms with Crippen LogP contribution in [0.2, 0.25) is 0 Å². The fraction of sp³-hybridized carbons (Fsp3) is 0.846. The molecule has 0 aromatic carbocycles. The number of carbonyl (C=O) groups excluding carboxylic acids is 1. The van der Waals surface area contributed by atoms with Crippen LogP contribution in [0.4, 0.5) is 0 Å². The molecule has 0 spiro atoms. The molecule has 18 heavy (non-hydrogen) atoms. The Morgan fingerprint density at radius 2 is 1.94 bits per heavy atom. The molecule has 1 rings (SSSR count). The number of carboxylic acid groups (broad SMARTS) is 1. The number of carboxylic acids is 1. The number of carbonyl (C=O) groups is 2. The van der Waals surface area contributed by atoms with Crippen molar-refractivity contribution in [3.05, 3.63) is 0 Å². The molecule has 1 saturated carbocycles. The zero-order valence-corrected chi connectivity index (χ0v) is 12.0. The fourth-order valence-electron chi connectivity index (χ4n) is 2.30. The third kappa shape index (κ3) is 4.88. The van der Waals surface area contributed by atoms with Crippen molar-refractivity contribution in [1.82, 2.24) is 5.32 Å². The van der Waals surface area contributed by atoms with Gasteiger partial charge < -0.3 is 10.4 Å². The summed E-state index contributed by atoms with van der Waals surface area (Å²) in [6.45, 7) is 2.20. The van der Waals surface area contributed by atoms with Crippen LogP contribution < -0.4 is 5.32 Å². The lowest BCUT2D eigenvalue weighted by Gasteiger charge is -2.26. The van der Waals surface area contributed by atoms with E-state index >= 15 is 0 Å². The molecule has 0 heterocycles. The Labute approximate surface area is 113 Å². The Morgan fingerprint density at radius 3 is 2.44 bits per heavy atom. The molecule has 0 unspecified atom stereocenters. The first kappa shape index (κ1) is 15.3. The second kappa shape index (κ2) is 7.67. The quantitative estimate of drug-likeness (QED) is 0.778. The minimum absolute atomic E-state index is 0.0114. The summed E-state index contributed by atoms with van der Waals surface area (Å²) >= 11 is 1.60. The number of hydrogen-bond acceptors (Lipinski definition) is 3. The minimum Gasteiger partial charge on any atom is -0.480 e. The Hall–Kier alpha value is -0.710. The summed E-state index contributed by atoms with van der Waals surface area (Å²) in [4.78, 5) is 23.1. The highest BCUT2D eigenvalue weighted by Gasteiger charge is 2.27. The van der Waals surface area contributed by atoms with Crippen molar-refractivity contribution in [2.75, 3.05) is 12.0 Å². The van der Waals surface area contributed by atoms with E-state index in [4.69, 9.17) is 5.11 Å². The average molecular weight is 273 g/mol. The number of nitrogens with one attached hydrogen (secondary N) is 1. The number of amides is 1. The van der Waals surface area contributed by atoms with Crippen LogP contribution in [0.5, 0.6) is 0 Å². The van der Waals surface area contributed by atoms with Crippen molar-refractivity contribution >= 4 is 23.6 Å². The zero-order valence-electron chi connectivity index (χ0n) is 11.1. The standard InChI is InChI=1S/C13H23NO3S/c1-9-3-5-10(6-4-9)12(15)14-11(13(16)17)7-8-18-2/h9-11H,3-8H2,1-2H3,(H,14,15)(H,16,17)/t9?,10?,11-/m0/s1. The number of thioether (sulfide) groups is 1. The van der Waals surface area contributed by atoms with Gasteiger partial charge in [-0.3, -0.25) is 4.79 Å². The summed E-state index contributed by atoms with van der Waals surface area (Å²) in [6.07, 6.45) is 6.35. The molecule has 0 aliphatic heterocycles. The molecule has 4 nitrogen and oxygen atoms in total. The SMILES string of the molecule is CSCC[C@H](NC(=O)C1CCC(C)CC1)C(=O)O. The lowest BCUT2D eigenvalue weighted by Crippen LogP contribution is -2.44. The van der Waals surface area contributed by atoms with Crippen molar-refractivity contribution in [2.24, 2.45) is 11.8 Å². The third-order valence-electron chi connectivity index (χ3n) is 3.61. The summed E-state index contributed by atoms with van der Waals surface area (Å²) in [5.41, 5.74) is 0. The van der Waals surface area contributed by atoms with Crippen LogP contribution in [-0.4, -0.2) is 35.0 Å². The van der Waals surface area contributed by atoms with E-state index in [1.54, 1.807) is 11.8 Å². The summed E-state index contributed by atoms with van der Waals surface area (Å²) < 4.78 is 0. The first-order valence-electron chi connectivity index (χ1n) is 6.56. The van der Waals surface area contributed by atoms with E-state index in [2.05, 4.69) is 12.2 Å². The van der Waals surface area contributed by atoms with Gasteiger partial charge in [0.2, 0.25) is 5.91 Å². The predicted molar refractivity (Wildman–Crippen MR) is 73.7 cm³/mol. The number of rotatable bonds is 6. The van der Waals surface area contributed by atoms with Gasteiger partial charge >= 0.3 is 5.97 Å². The number of aliphatic carboxylic acids is 1. The van der Waals surface area contributed by atoms with E-state index in [-0.39, 0.29) is 11.8 Å². The van der Waals surface area contributed by atoms with Crippen LogP contribution in [0.3, 0.4) is 0 Å². The molecule has 1 aliphatic carbocycles. The van der Waals surface area contributed by atoms with E-state index < -0.39 is 12.0 Å². The molecule has 2 N–H and O–H groups in total. The van der Waals surface area contributed by atoms with Crippen molar-refractivity contribution in [3.8, 4) is 0 Å². The summed E-state index contributed by atoms with van der Waals surface area (Å²) in [5.74, 6) is 0.453. The van der Waals surface area contributed by atoms with E-state index in [1.165, 1.54) is 0 Å².